The van der Waals surface area contributed by atoms with Gasteiger partial charge in [-0.3, -0.25) is 9.52 Å². The number of hydrogen-bond donors (Lipinski definition) is 2. The number of hydrogen-bond acceptors (Lipinski definition) is 7. The van der Waals surface area contributed by atoms with Crippen LogP contribution >= 0.6 is 23.1 Å². The van der Waals surface area contributed by atoms with Gasteiger partial charge in [-0.1, -0.05) is 36.4 Å². The standard InChI is InChI=1S/C26H24N2O5S3/c1-32-20-12-15-22(23(17-20)33-2)27-26(29)25(18-7-4-3-5-8-18)35-21-13-10-19(11-14-21)28-36(30,31)24-9-6-16-34-24/h3-17,25,28H,1-2H3,(H,27,29). The average molecular weight is 541 g/mol. The van der Waals surface area contributed by atoms with Gasteiger partial charge in [0.15, 0.2) is 0 Å². The molecule has 0 radical (unpaired) electrons. The van der Waals surface area contributed by atoms with Crippen molar-refractivity contribution in [3.8, 4) is 11.5 Å². The first kappa shape index (κ1) is 25.6. The molecule has 10 heteroatoms. The fourth-order valence-electron chi connectivity index (χ4n) is 3.36. The third kappa shape index (κ3) is 6.20. The van der Waals surface area contributed by atoms with Crippen LogP contribution < -0.4 is 19.5 Å². The predicted molar refractivity (Wildman–Crippen MR) is 145 cm³/mol. The summed E-state index contributed by atoms with van der Waals surface area (Å²) < 4.78 is 38.5. The Balaban J connectivity index is 1.54. The quantitative estimate of drug-likeness (QED) is 0.238. The van der Waals surface area contributed by atoms with Crippen LogP contribution in [0, 0.1) is 0 Å². The van der Waals surface area contributed by atoms with Crippen LogP contribution in [0.1, 0.15) is 10.8 Å². The van der Waals surface area contributed by atoms with Gasteiger partial charge in [0, 0.05) is 16.6 Å². The summed E-state index contributed by atoms with van der Waals surface area (Å²) in [6, 6.07) is 24.8. The molecule has 0 fully saturated rings. The fourth-order valence-corrected chi connectivity index (χ4v) is 6.44. The third-order valence-corrected chi connectivity index (χ3v) is 9.17. The van der Waals surface area contributed by atoms with Gasteiger partial charge in [-0.25, -0.2) is 8.42 Å². The van der Waals surface area contributed by atoms with Gasteiger partial charge >= 0.3 is 0 Å². The highest BCUT2D eigenvalue weighted by atomic mass is 32.2. The highest BCUT2D eigenvalue weighted by molar-refractivity contribution is 8.00. The number of amides is 1. The van der Waals surface area contributed by atoms with Gasteiger partial charge in [-0.15, -0.1) is 23.1 Å². The van der Waals surface area contributed by atoms with Crippen LogP contribution in [0.25, 0.3) is 0 Å². The molecular formula is C26H24N2O5S3. The smallest absolute Gasteiger partial charge is 0.271 e. The highest BCUT2D eigenvalue weighted by Gasteiger charge is 2.23. The molecule has 186 valence electrons. The Hall–Kier alpha value is -3.47. The molecule has 0 aliphatic carbocycles. The SMILES string of the molecule is COc1ccc(NC(=O)C(Sc2ccc(NS(=O)(=O)c3cccs3)cc2)c2ccccc2)c(OC)c1. The molecule has 0 saturated heterocycles. The minimum absolute atomic E-state index is 0.225. The summed E-state index contributed by atoms with van der Waals surface area (Å²) in [4.78, 5) is 14.2. The van der Waals surface area contributed by atoms with E-state index < -0.39 is 15.3 Å². The second-order valence-electron chi connectivity index (χ2n) is 7.53. The zero-order valence-electron chi connectivity index (χ0n) is 19.5. The molecule has 0 aliphatic heterocycles. The number of sulfonamides is 1. The minimum atomic E-state index is -3.63. The van der Waals surface area contributed by atoms with Crippen LogP contribution in [0.15, 0.2) is 99.4 Å². The van der Waals surface area contributed by atoms with Crippen molar-refractivity contribution >= 4 is 50.4 Å². The van der Waals surface area contributed by atoms with Crippen molar-refractivity contribution in [3.63, 3.8) is 0 Å². The molecule has 3 aromatic carbocycles. The van der Waals surface area contributed by atoms with Crippen molar-refractivity contribution in [3.05, 3.63) is 95.9 Å². The van der Waals surface area contributed by atoms with E-state index in [9.17, 15) is 13.2 Å². The van der Waals surface area contributed by atoms with Crippen LogP contribution in [0.2, 0.25) is 0 Å². The van der Waals surface area contributed by atoms with Gasteiger partial charge in [0.05, 0.1) is 19.9 Å². The molecule has 4 aromatic rings. The van der Waals surface area contributed by atoms with Gasteiger partial charge in [0.2, 0.25) is 5.91 Å². The summed E-state index contributed by atoms with van der Waals surface area (Å²) >= 11 is 2.51. The van der Waals surface area contributed by atoms with E-state index >= 15 is 0 Å². The second kappa shape index (κ2) is 11.5. The molecule has 0 spiro atoms. The Bertz CT molecular complexity index is 1410. The summed E-state index contributed by atoms with van der Waals surface area (Å²) in [6.45, 7) is 0. The largest absolute Gasteiger partial charge is 0.497 e. The van der Waals surface area contributed by atoms with Gasteiger partial charge < -0.3 is 14.8 Å². The van der Waals surface area contributed by atoms with Crippen molar-refractivity contribution < 1.29 is 22.7 Å². The fraction of sp³-hybridized carbons (Fsp3) is 0.115. The Labute approximate surface area is 218 Å². The van der Waals surface area contributed by atoms with E-state index in [-0.39, 0.29) is 10.1 Å². The molecule has 0 saturated carbocycles. The van der Waals surface area contributed by atoms with E-state index in [1.807, 2.05) is 30.3 Å². The van der Waals surface area contributed by atoms with Crippen LogP contribution in [0.5, 0.6) is 11.5 Å². The summed E-state index contributed by atoms with van der Waals surface area (Å²) in [5.41, 5.74) is 1.80. The number of thioether (sulfide) groups is 1. The predicted octanol–water partition coefficient (Wildman–Crippen LogP) is 6.04. The maximum Gasteiger partial charge on any atom is 0.271 e. The molecule has 4 rings (SSSR count). The van der Waals surface area contributed by atoms with E-state index in [4.69, 9.17) is 9.47 Å². The molecule has 2 N–H and O–H groups in total. The first-order valence-corrected chi connectivity index (χ1v) is 14.0. The maximum atomic E-state index is 13.4. The monoisotopic (exact) mass is 540 g/mol. The van der Waals surface area contributed by atoms with Crippen molar-refractivity contribution in [1.82, 2.24) is 0 Å². The van der Waals surface area contributed by atoms with Gasteiger partial charge in [-0.2, -0.15) is 0 Å². The lowest BCUT2D eigenvalue weighted by atomic mass is 10.1. The summed E-state index contributed by atoms with van der Waals surface area (Å²) in [7, 11) is -0.539. The normalized spacial score (nSPS) is 11.9. The summed E-state index contributed by atoms with van der Waals surface area (Å²) in [5.74, 6) is 0.882. The summed E-state index contributed by atoms with van der Waals surface area (Å²) in [6.07, 6.45) is 0. The molecule has 0 bridgehead atoms. The molecule has 36 heavy (non-hydrogen) atoms. The number of carbonyl (C=O) groups is 1. The first-order valence-electron chi connectivity index (χ1n) is 10.8. The topological polar surface area (TPSA) is 93.7 Å². The molecule has 7 nitrogen and oxygen atoms in total. The number of thiophene rings is 1. The lowest BCUT2D eigenvalue weighted by Gasteiger charge is -2.19. The Kier molecular flexibility index (Phi) is 8.19. The number of ether oxygens (including phenoxy) is 2. The number of anilines is 2. The van der Waals surface area contributed by atoms with E-state index in [1.165, 1.54) is 18.9 Å². The van der Waals surface area contributed by atoms with Crippen molar-refractivity contribution in [2.45, 2.75) is 14.4 Å². The number of methoxy groups -OCH3 is 2. The van der Waals surface area contributed by atoms with Gasteiger partial charge in [-0.05, 0) is 53.4 Å². The highest BCUT2D eigenvalue weighted by Crippen LogP contribution is 2.38. The maximum absolute atomic E-state index is 13.4. The lowest BCUT2D eigenvalue weighted by Crippen LogP contribution is -2.19. The lowest BCUT2D eigenvalue weighted by molar-refractivity contribution is -0.115. The van der Waals surface area contributed by atoms with E-state index in [1.54, 1.807) is 67.1 Å². The van der Waals surface area contributed by atoms with Gasteiger partial charge in [0.1, 0.15) is 21.0 Å². The van der Waals surface area contributed by atoms with E-state index in [0.717, 1.165) is 21.8 Å². The first-order chi connectivity index (χ1) is 17.4. The molecule has 1 amide bonds. The van der Waals surface area contributed by atoms with Crippen LogP contribution in [-0.4, -0.2) is 28.5 Å². The molecule has 1 atom stereocenters. The average Bonchev–Trinajstić information content (AvgIpc) is 3.45. The van der Waals surface area contributed by atoms with Crippen molar-refractivity contribution in [2.24, 2.45) is 0 Å². The van der Waals surface area contributed by atoms with Crippen LogP contribution in [0.4, 0.5) is 11.4 Å². The summed E-state index contributed by atoms with van der Waals surface area (Å²) in [5, 5.41) is 4.11. The van der Waals surface area contributed by atoms with Gasteiger partial charge in [0.25, 0.3) is 10.0 Å². The third-order valence-electron chi connectivity index (χ3n) is 5.13. The number of carbonyl (C=O) groups excluding carboxylic acids is 1. The Morgan fingerprint density at radius 3 is 2.31 bits per heavy atom. The van der Waals surface area contributed by atoms with E-state index in [0.29, 0.717) is 22.9 Å². The van der Waals surface area contributed by atoms with Crippen molar-refractivity contribution in [2.75, 3.05) is 24.3 Å². The van der Waals surface area contributed by atoms with Crippen LogP contribution in [-0.2, 0) is 14.8 Å². The minimum Gasteiger partial charge on any atom is -0.497 e. The Morgan fingerprint density at radius 2 is 1.67 bits per heavy atom. The zero-order valence-corrected chi connectivity index (χ0v) is 22.0. The molecule has 1 heterocycles. The molecular weight excluding hydrogens is 516 g/mol. The number of benzene rings is 3. The zero-order chi connectivity index (χ0) is 25.5. The molecule has 0 aliphatic rings. The Morgan fingerprint density at radius 1 is 0.917 bits per heavy atom. The van der Waals surface area contributed by atoms with E-state index in [2.05, 4.69) is 10.0 Å². The second-order valence-corrected chi connectivity index (χ2v) is 11.6. The number of nitrogens with one attached hydrogen (secondary N) is 2. The molecule has 1 unspecified atom stereocenters. The molecule has 1 aromatic heterocycles. The van der Waals surface area contributed by atoms with Crippen LogP contribution in [0.3, 0.4) is 0 Å². The number of rotatable bonds is 10. The van der Waals surface area contributed by atoms with Crippen molar-refractivity contribution in [1.29, 1.82) is 0 Å².